The molecule has 0 bridgehead atoms. The van der Waals surface area contributed by atoms with Crippen LogP contribution in [0, 0.1) is 0 Å². The van der Waals surface area contributed by atoms with Crippen molar-refractivity contribution in [1.82, 2.24) is 24.1 Å². The minimum Gasteiger partial charge on any atom is -0.456 e. The molecule has 0 saturated carbocycles. The van der Waals surface area contributed by atoms with Crippen LogP contribution in [0.15, 0.2) is 265 Å². The molecule has 4 heterocycles. The van der Waals surface area contributed by atoms with Crippen LogP contribution in [0.4, 0.5) is 0 Å². The van der Waals surface area contributed by atoms with Gasteiger partial charge in [0.15, 0.2) is 17.5 Å². The molecule has 0 atom stereocenters. The Morgan fingerprint density at radius 3 is 1.31 bits per heavy atom. The van der Waals surface area contributed by atoms with E-state index in [1.165, 1.54) is 21.5 Å². The molecule has 0 unspecified atom stereocenters. The van der Waals surface area contributed by atoms with Gasteiger partial charge in [0.25, 0.3) is 0 Å². The number of fused-ring (bicyclic) bond motifs is 9. The summed E-state index contributed by atoms with van der Waals surface area (Å²) in [6, 6.07) is 92.5. The van der Waals surface area contributed by atoms with E-state index in [4.69, 9.17) is 19.4 Å². The van der Waals surface area contributed by atoms with Crippen molar-refractivity contribution < 1.29 is 4.42 Å². The quantitative estimate of drug-likeness (QED) is 0.152. The van der Waals surface area contributed by atoms with Crippen LogP contribution < -0.4 is 0 Å². The molecule has 0 N–H and O–H groups in total. The summed E-state index contributed by atoms with van der Waals surface area (Å²) < 4.78 is 10.9. The predicted octanol–water partition coefficient (Wildman–Crippen LogP) is 18.0. The Hall–Kier alpha value is -10.2. The van der Waals surface area contributed by atoms with Gasteiger partial charge in [0.05, 0.1) is 27.8 Å². The highest BCUT2D eigenvalue weighted by Crippen LogP contribution is 2.41. The van der Waals surface area contributed by atoms with Crippen LogP contribution in [0.2, 0.25) is 0 Å². The largest absolute Gasteiger partial charge is 0.456 e. The maximum Gasteiger partial charge on any atom is 0.164 e. The molecule has 0 spiro atoms. The minimum absolute atomic E-state index is 0.585. The van der Waals surface area contributed by atoms with Gasteiger partial charge in [0.2, 0.25) is 0 Å². The predicted molar refractivity (Wildman–Crippen MR) is 308 cm³/mol. The Kier molecular flexibility index (Phi) is 9.78. The summed E-state index contributed by atoms with van der Waals surface area (Å²) in [6.07, 6.45) is 0. The molecule has 6 nitrogen and oxygen atoms in total. The van der Waals surface area contributed by atoms with Gasteiger partial charge in [-0.05, 0) is 101 Å². The zero-order valence-corrected chi connectivity index (χ0v) is 40.5. The van der Waals surface area contributed by atoms with E-state index in [9.17, 15) is 0 Å². The first-order chi connectivity index (χ1) is 37.2. The number of nitrogens with zero attached hydrogens (tertiary/aromatic N) is 5. The molecule has 0 aliphatic heterocycles. The van der Waals surface area contributed by atoms with E-state index >= 15 is 0 Å². The van der Waals surface area contributed by atoms with Gasteiger partial charge in [-0.15, -0.1) is 0 Å². The van der Waals surface area contributed by atoms with Crippen molar-refractivity contribution in [3.05, 3.63) is 261 Å². The number of para-hydroxylation sites is 5. The van der Waals surface area contributed by atoms with E-state index in [1.54, 1.807) is 0 Å². The second-order valence-electron chi connectivity index (χ2n) is 19.2. The number of furan rings is 1. The molecule has 75 heavy (non-hydrogen) atoms. The standard InChI is InChI=1S/C69H43N5O/c1-2-17-44(18-3-1)67-70-68(50-23-16-24-52(41-50)73-60-30-9-4-25-54(60)55-26-5-10-31-61(55)73)72-69(71-67)51-35-37-53(64(43-51)74-62-32-11-6-27-56(62)57-28-7-12-33-63(57)74)49-22-15-21-47(40-49)45-19-14-20-46(39-45)48-36-38-66-59(42-48)58-29-8-13-34-65(58)75-66/h1-43H. The zero-order chi connectivity index (χ0) is 49.4. The minimum atomic E-state index is 0.585. The van der Waals surface area contributed by atoms with Crippen LogP contribution in [-0.4, -0.2) is 24.1 Å². The Morgan fingerprint density at radius 1 is 0.253 bits per heavy atom. The average Bonchev–Trinajstić information content (AvgIpc) is 4.19. The fraction of sp³-hybridized carbons (Fsp3) is 0. The fourth-order valence-electron chi connectivity index (χ4n) is 11.3. The van der Waals surface area contributed by atoms with Gasteiger partial charge in [-0.1, -0.05) is 188 Å². The summed E-state index contributed by atoms with van der Waals surface area (Å²) in [5.41, 5.74) is 17.8. The molecule has 0 aliphatic carbocycles. The molecular formula is C69H43N5O. The Labute approximate surface area is 431 Å². The van der Waals surface area contributed by atoms with E-state index < -0.39 is 0 Å². The fourth-order valence-corrected chi connectivity index (χ4v) is 11.3. The van der Waals surface area contributed by atoms with Crippen molar-refractivity contribution in [3.8, 4) is 78.9 Å². The normalized spacial score (nSPS) is 11.7. The smallest absolute Gasteiger partial charge is 0.164 e. The van der Waals surface area contributed by atoms with Gasteiger partial charge >= 0.3 is 0 Å². The third-order valence-electron chi connectivity index (χ3n) is 14.8. The third kappa shape index (κ3) is 7.14. The lowest BCUT2D eigenvalue weighted by Gasteiger charge is -2.17. The van der Waals surface area contributed by atoms with E-state index in [0.717, 1.165) is 105 Å². The molecule has 0 aliphatic rings. The maximum atomic E-state index is 6.18. The summed E-state index contributed by atoms with van der Waals surface area (Å²) in [5.74, 6) is 1.78. The van der Waals surface area contributed by atoms with Crippen molar-refractivity contribution in [2.24, 2.45) is 0 Å². The molecule has 15 aromatic rings. The first kappa shape index (κ1) is 42.5. The summed E-state index contributed by atoms with van der Waals surface area (Å²) in [6.45, 7) is 0. The van der Waals surface area contributed by atoms with Gasteiger partial charge in [0, 0.05) is 60.3 Å². The summed E-state index contributed by atoms with van der Waals surface area (Å²) in [5, 5.41) is 7.04. The summed E-state index contributed by atoms with van der Waals surface area (Å²) >= 11 is 0. The van der Waals surface area contributed by atoms with Crippen molar-refractivity contribution in [2.75, 3.05) is 0 Å². The molecule has 11 aromatic carbocycles. The van der Waals surface area contributed by atoms with Crippen molar-refractivity contribution in [2.45, 2.75) is 0 Å². The Balaban J connectivity index is 0.893. The Bertz CT molecular complexity index is 4630. The number of rotatable bonds is 8. The molecule has 0 amide bonds. The van der Waals surface area contributed by atoms with Crippen LogP contribution >= 0.6 is 0 Å². The van der Waals surface area contributed by atoms with Crippen molar-refractivity contribution in [1.29, 1.82) is 0 Å². The first-order valence-corrected chi connectivity index (χ1v) is 25.3. The van der Waals surface area contributed by atoms with Crippen molar-refractivity contribution >= 4 is 65.6 Å². The second kappa shape index (κ2) is 17.3. The number of hydrogen-bond donors (Lipinski definition) is 0. The maximum absolute atomic E-state index is 6.18. The second-order valence-corrected chi connectivity index (χ2v) is 19.2. The van der Waals surface area contributed by atoms with Gasteiger partial charge in [-0.25, -0.2) is 15.0 Å². The molecule has 0 saturated heterocycles. The molecule has 6 heteroatoms. The molecule has 15 rings (SSSR count). The van der Waals surface area contributed by atoms with E-state index in [0.29, 0.717) is 17.5 Å². The molecular weight excluding hydrogens is 915 g/mol. The first-order valence-electron chi connectivity index (χ1n) is 25.3. The van der Waals surface area contributed by atoms with Gasteiger partial charge < -0.3 is 13.6 Å². The van der Waals surface area contributed by atoms with Crippen LogP contribution in [-0.2, 0) is 0 Å². The van der Waals surface area contributed by atoms with E-state index in [-0.39, 0.29) is 0 Å². The summed E-state index contributed by atoms with van der Waals surface area (Å²) in [7, 11) is 0. The lowest BCUT2D eigenvalue weighted by atomic mass is 9.94. The van der Waals surface area contributed by atoms with E-state index in [1.807, 2.05) is 30.3 Å². The lowest BCUT2D eigenvalue weighted by Crippen LogP contribution is -2.03. The zero-order valence-electron chi connectivity index (χ0n) is 40.5. The van der Waals surface area contributed by atoms with Crippen LogP contribution in [0.25, 0.3) is 144 Å². The van der Waals surface area contributed by atoms with Gasteiger partial charge in [-0.2, -0.15) is 0 Å². The van der Waals surface area contributed by atoms with Gasteiger partial charge in [0.1, 0.15) is 11.2 Å². The monoisotopic (exact) mass is 957 g/mol. The molecule has 0 radical (unpaired) electrons. The number of aromatic nitrogens is 5. The van der Waals surface area contributed by atoms with Crippen molar-refractivity contribution in [3.63, 3.8) is 0 Å². The van der Waals surface area contributed by atoms with Crippen LogP contribution in [0.3, 0.4) is 0 Å². The van der Waals surface area contributed by atoms with E-state index in [2.05, 4.69) is 240 Å². The molecule has 350 valence electrons. The molecule has 4 aromatic heterocycles. The number of hydrogen-bond acceptors (Lipinski definition) is 4. The topological polar surface area (TPSA) is 61.7 Å². The highest BCUT2D eigenvalue weighted by Gasteiger charge is 2.21. The molecule has 0 fully saturated rings. The third-order valence-corrected chi connectivity index (χ3v) is 14.8. The Morgan fingerprint density at radius 2 is 0.680 bits per heavy atom. The van der Waals surface area contributed by atoms with Gasteiger partial charge in [-0.3, -0.25) is 0 Å². The highest BCUT2D eigenvalue weighted by molar-refractivity contribution is 6.11. The lowest BCUT2D eigenvalue weighted by molar-refractivity contribution is 0.669. The number of benzene rings is 11. The van der Waals surface area contributed by atoms with Crippen LogP contribution in [0.5, 0.6) is 0 Å². The summed E-state index contributed by atoms with van der Waals surface area (Å²) in [4.78, 5) is 15.9. The van der Waals surface area contributed by atoms with Crippen LogP contribution in [0.1, 0.15) is 0 Å². The SMILES string of the molecule is c1ccc(-c2nc(-c3cccc(-n4c5ccccc5c5ccccc54)c3)nc(-c3ccc(-c4cccc(-c5cccc(-c6ccc7oc8ccccc8c7c6)c5)c4)c(-n4c5ccccc5c5ccccc54)c3)n2)cc1. The average molecular weight is 958 g/mol. The highest BCUT2D eigenvalue weighted by atomic mass is 16.3.